The number of fused-ring (bicyclic) bond motifs is 2. The van der Waals surface area contributed by atoms with Crippen molar-refractivity contribution in [2.45, 2.75) is 6.54 Å². The molecule has 0 atom stereocenters. The van der Waals surface area contributed by atoms with Crippen LogP contribution in [0.1, 0.15) is 21.5 Å². The Labute approximate surface area is 207 Å². The molecule has 0 saturated carbocycles. The van der Waals surface area contributed by atoms with Crippen molar-refractivity contribution in [2.75, 3.05) is 0 Å². The van der Waals surface area contributed by atoms with Crippen LogP contribution in [-0.4, -0.2) is 26.3 Å². The number of nitrogens with zero attached hydrogens (tertiary/aromatic N) is 2. The van der Waals surface area contributed by atoms with Crippen molar-refractivity contribution in [3.8, 4) is 11.1 Å². The van der Waals surface area contributed by atoms with Crippen LogP contribution in [0, 0.1) is 0 Å². The highest BCUT2D eigenvalue weighted by Gasteiger charge is 2.20. The van der Waals surface area contributed by atoms with Crippen LogP contribution in [0.15, 0.2) is 110 Å². The van der Waals surface area contributed by atoms with Gasteiger partial charge < -0.3 is 10.3 Å². The molecule has 0 saturated heterocycles. The van der Waals surface area contributed by atoms with Gasteiger partial charge >= 0.3 is 6.03 Å². The zero-order valence-corrected chi connectivity index (χ0v) is 19.3. The first-order valence-corrected chi connectivity index (χ1v) is 11.7. The molecular formula is C30H22N4O2. The molecule has 0 bridgehead atoms. The molecule has 0 unspecified atom stereocenters. The summed E-state index contributed by atoms with van der Waals surface area (Å²) >= 11 is 0. The first kappa shape index (κ1) is 21.6. The lowest BCUT2D eigenvalue weighted by Crippen LogP contribution is -2.27. The van der Waals surface area contributed by atoms with Crippen LogP contribution in [0.3, 0.4) is 0 Å². The van der Waals surface area contributed by atoms with E-state index in [1.807, 2.05) is 78.9 Å². The van der Waals surface area contributed by atoms with E-state index in [0.29, 0.717) is 28.8 Å². The van der Waals surface area contributed by atoms with Gasteiger partial charge in [0.2, 0.25) is 0 Å². The SMILES string of the molecule is O=C(c1c[nH]c2ncc(-c3ccccc3)cc12)c1cccc2c1ccn2C(=O)NCc1ccccc1. The first-order chi connectivity index (χ1) is 17.7. The van der Waals surface area contributed by atoms with Gasteiger partial charge in [-0.15, -0.1) is 0 Å². The Morgan fingerprint density at radius 1 is 0.806 bits per heavy atom. The lowest BCUT2D eigenvalue weighted by molar-refractivity contribution is 0.104. The van der Waals surface area contributed by atoms with E-state index in [1.54, 1.807) is 35.3 Å². The van der Waals surface area contributed by atoms with Gasteiger partial charge in [-0.3, -0.25) is 9.36 Å². The Kier molecular flexibility index (Phi) is 5.39. The number of ketones is 1. The molecule has 0 aliphatic rings. The average Bonchev–Trinajstić information content (AvgIpc) is 3.56. The van der Waals surface area contributed by atoms with E-state index in [4.69, 9.17) is 0 Å². The molecule has 6 heteroatoms. The molecule has 0 spiro atoms. The molecule has 0 aliphatic heterocycles. The fourth-order valence-electron chi connectivity index (χ4n) is 4.53. The van der Waals surface area contributed by atoms with Gasteiger partial charge in [0.25, 0.3) is 0 Å². The zero-order valence-electron chi connectivity index (χ0n) is 19.3. The third-order valence-electron chi connectivity index (χ3n) is 6.37. The lowest BCUT2D eigenvalue weighted by atomic mass is 9.99. The summed E-state index contributed by atoms with van der Waals surface area (Å²) in [5.41, 5.74) is 5.40. The number of rotatable bonds is 5. The van der Waals surface area contributed by atoms with Crippen LogP contribution in [0.5, 0.6) is 0 Å². The standard InChI is InChI=1S/C30H22N4O2/c35-28(26-19-32-29-25(26)16-22(18-31-29)21-10-5-2-6-11-21)24-12-7-13-27-23(24)14-15-34(27)30(36)33-17-20-8-3-1-4-9-20/h1-16,18-19H,17H2,(H,31,32)(H,33,36). The van der Waals surface area contributed by atoms with E-state index >= 15 is 0 Å². The Bertz CT molecular complexity index is 1720. The molecule has 6 rings (SSSR count). The second-order valence-electron chi connectivity index (χ2n) is 8.59. The van der Waals surface area contributed by atoms with Gasteiger partial charge in [0.15, 0.2) is 5.78 Å². The number of aromatic amines is 1. The number of carbonyl (C=O) groups excluding carboxylic acids is 2. The van der Waals surface area contributed by atoms with Gasteiger partial charge in [0, 0.05) is 52.6 Å². The van der Waals surface area contributed by atoms with Crippen molar-refractivity contribution in [2.24, 2.45) is 0 Å². The van der Waals surface area contributed by atoms with E-state index in [2.05, 4.69) is 15.3 Å². The summed E-state index contributed by atoms with van der Waals surface area (Å²) in [5.74, 6) is -0.124. The molecule has 0 fully saturated rings. The van der Waals surface area contributed by atoms with Crippen LogP contribution in [0.25, 0.3) is 33.1 Å². The quantitative estimate of drug-likeness (QED) is 0.296. The van der Waals surface area contributed by atoms with Gasteiger partial charge in [0.05, 0.1) is 5.52 Å². The minimum Gasteiger partial charge on any atom is -0.345 e. The summed E-state index contributed by atoms with van der Waals surface area (Å²) in [4.78, 5) is 34.3. The maximum absolute atomic E-state index is 13.7. The van der Waals surface area contributed by atoms with E-state index in [0.717, 1.165) is 27.5 Å². The maximum atomic E-state index is 13.7. The number of benzene rings is 3. The molecule has 6 nitrogen and oxygen atoms in total. The highest BCUT2D eigenvalue weighted by atomic mass is 16.2. The fourth-order valence-corrected chi connectivity index (χ4v) is 4.53. The van der Waals surface area contributed by atoms with Crippen molar-refractivity contribution in [1.82, 2.24) is 19.9 Å². The molecule has 3 heterocycles. The number of nitrogens with one attached hydrogen (secondary N) is 2. The zero-order chi connectivity index (χ0) is 24.5. The number of H-pyrrole nitrogens is 1. The van der Waals surface area contributed by atoms with Crippen LogP contribution in [0.2, 0.25) is 0 Å². The second-order valence-corrected chi connectivity index (χ2v) is 8.59. The number of hydrogen-bond acceptors (Lipinski definition) is 3. The summed E-state index contributed by atoms with van der Waals surface area (Å²) in [7, 11) is 0. The smallest absolute Gasteiger partial charge is 0.326 e. The second kappa shape index (κ2) is 9.00. The van der Waals surface area contributed by atoms with Gasteiger partial charge in [-0.05, 0) is 29.3 Å². The summed E-state index contributed by atoms with van der Waals surface area (Å²) in [5, 5.41) is 4.43. The molecule has 1 amide bonds. The van der Waals surface area contributed by atoms with Gasteiger partial charge in [-0.1, -0.05) is 72.8 Å². The van der Waals surface area contributed by atoms with Crippen molar-refractivity contribution in [3.05, 3.63) is 126 Å². The monoisotopic (exact) mass is 470 g/mol. The number of aromatic nitrogens is 3. The summed E-state index contributed by atoms with van der Waals surface area (Å²) in [6.45, 7) is 0.421. The number of hydrogen-bond donors (Lipinski definition) is 2. The number of pyridine rings is 1. The minimum absolute atomic E-state index is 0.124. The fraction of sp³-hybridized carbons (Fsp3) is 0.0333. The van der Waals surface area contributed by atoms with E-state index in [-0.39, 0.29) is 11.8 Å². The average molecular weight is 471 g/mol. The van der Waals surface area contributed by atoms with Gasteiger partial charge in [-0.2, -0.15) is 0 Å². The summed E-state index contributed by atoms with van der Waals surface area (Å²) in [6, 6.07) is 28.7. The molecule has 3 aromatic heterocycles. The lowest BCUT2D eigenvalue weighted by Gasteiger charge is -2.08. The molecule has 3 aromatic carbocycles. The van der Waals surface area contributed by atoms with Crippen LogP contribution < -0.4 is 5.32 Å². The molecule has 2 N–H and O–H groups in total. The topological polar surface area (TPSA) is 79.8 Å². The molecule has 174 valence electrons. The largest absolute Gasteiger partial charge is 0.345 e. The molecule has 0 radical (unpaired) electrons. The summed E-state index contributed by atoms with van der Waals surface area (Å²) in [6.07, 6.45) is 5.21. The number of amides is 1. The highest BCUT2D eigenvalue weighted by molar-refractivity contribution is 6.21. The molecule has 0 aliphatic carbocycles. The Hall–Kier alpha value is -4.97. The Morgan fingerprint density at radius 2 is 1.58 bits per heavy atom. The predicted molar refractivity (Wildman–Crippen MR) is 141 cm³/mol. The third kappa shape index (κ3) is 3.84. The Morgan fingerprint density at radius 3 is 2.39 bits per heavy atom. The predicted octanol–water partition coefficient (Wildman–Crippen LogP) is 6.17. The van der Waals surface area contributed by atoms with E-state index in [9.17, 15) is 9.59 Å². The highest BCUT2D eigenvalue weighted by Crippen LogP contribution is 2.28. The number of carbonyl (C=O) groups is 2. The van der Waals surface area contributed by atoms with Crippen molar-refractivity contribution < 1.29 is 9.59 Å². The van der Waals surface area contributed by atoms with E-state index in [1.165, 1.54) is 0 Å². The Balaban J connectivity index is 1.34. The van der Waals surface area contributed by atoms with Crippen LogP contribution in [0.4, 0.5) is 4.79 Å². The van der Waals surface area contributed by atoms with Crippen LogP contribution in [-0.2, 0) is 6.54 Å². The summed E-state index contributed by atoms with van der Waals surface area (Å²) < 4.78 is 1.54. The van der Waals surface area contributed by atoms with E-state index < -0.39 is 0 Å². The van der Waals surface area contributed by atoms with Crippen molar-refractivity contribution >= 4 is 33.8 Å². The normalized spacial score (nSPS) is 11.1. The van der Waals surface area contributed by atoms with Gasteiger partial charge in [-0.25, -0.2) is 9.78 Å². The van der Waals surface area contributed by atoms with Crippen molar-refractivity contribution in [1.29, 1.82) is 0 Å². The minimum atomic E-state index is -0.248. The van der Waals surface area contributed by atoms with Crippen molar-refractivity contribution in [3.63, 3.8) is 0 Å². The molecule has 6 aromatic rings. The van der Waals surface area contributed by atoms with Gasteiger partial charge in [0.1, 0.15) is 5.65 Å². The molecular weight excluding hydrogens is 448 g/mol. The maximum Gasteiger partial charge on any atom is 0.326 e. The third-order valence-corrected chi connectivity index (χ3v) is 6.37. The molecule has 36 heavy (non-hydrogen) atoms. The van der Waals surface area contributed by atoms with Crippen LogP contribution >= 0.6 is 0 Å². The first-order valence-electron chi connectivity index (χ1n) is 11.7.